The Morgan fingerprint density at radius 1 is 1.10 bits per heavy atom. The molecule has 0 fully saturated rings. The summed E-state index contributed by atoms with van der Waals surface area (Å²) in [4.78, 5) is 10.9. The zero-order valence-electron chi connectivity index (χ0n) is 11.8. The predicted octanol–water partition coefficient (Wildman–Crippen LogP) is 3.38. The summed E-state index contributed by atoms with van der Waals surface area (Å²) in [5.41, 5.74) is 4.73. The van der Waals surface area contributed by atoms with Crippen molar-refractivity contribution in [1.82, 2.24) is 0 Å². The van der Waals surface area contributed by atoms with Crippen molar-refractivity contribution in [2.75, 3.05) is 0 Å². The number of hydrogen-bond donors (Lipinski definition) is 1. The molecule has 0 heterocycles. The van der Waals surface area contributed by atoms with Crippen LogP contribution in [0.1, 0.15) is 28.7 Å². The normalized spacial score (nSPS) is 13.0. The number of aliphatic carboxylic acids is 1. The molecule has 0 saturated heterocycles. The minimum absolute atomic E-state index is 0.0135. The summed E-state index contributed by atoms with van der Waals surface area (Å²) in [6, 6.07) is 13.8. The van der Waals surface area contributed by atoms with Crippen LogP contribution >= 0.6 is 0 Å². The highest BCUT2D eigenvalue weighted by molar-refractivity contribution is 5.71. The highest BCUT2D eigenvalue weighted by Crippen LogP contribution is 2.24. The number of carbonyl (C=O) groups is 1. The SMILES string of the molecule is O=C(O)Cc1ccccc1OCc1ccc2c(c1)CCC2. The van der Waals surface area contributed by atoms with Crippen molar-refractivity contribution in [3.05, 3.63) is 64.7 Å². The van der Waals surface area contributed by atoms with Crippen molar-refractivity contribution in [3.63, 3.8) is 0 Å². The maximum atomic E-state index is 10.9. The van der Waals surface area contributed by atoms with E-state index in [9.17, 15) is 4.79 Å². The van der Waals surface area contributed by atoms with Crippen LogP contribution in [-0.4, -0.2) is 11.1 Å². The largest absolute Gasteiger partial charge is 0.489 e. The van der Waals surface area contributed by atoms with Crippen LogP contribution in [0.15, 0.2) is 42.5 Å². The van der Waals surface area contributed by atoms with Gasteiger partial charge in [-0.3, -0.25) is 4.79 Å². The van der Waals surface area contributed by atoms with Gasteiger partial charge < -0.3 is 9.84 Å². The Balaban J connectivity index is 1.71. The van der Waals surface area contributed by atoms with E-state index in [1.165, 1.54) is 24.0 Å². The predicted molar refractivity (Wildman–Crippen MR) is 80.6 cm³/mol. The summed E-state index contributed by atoms with van der Waals surface area (Å²) in [6.45, 7) is 0.476. The number of rotatable bonds is 5. The second-order valence-corrected chi connectivity index (χ2v) is 5.42. The molecule has 1 aliphatic rings. The molecule has 21 heavy (non-hydrogen) atoms. The molecule has 0 radical (unpaired) electrons. The van der Waals surface area contributed by atoms with Crippen molar-refractivity contribution < 1.29 is 14.6 Å². The number of para-hydroxylation sites is 1. The summed E-state index contributed by atoms with van der Waals surface area (Å²) in [5, 5.41) is 8.93. The number of fused-ring (bicyclic) bond motifs is 1. The van der Waals surface area contributed by atoms with Gasteiger partial charge in [0.15, 0.2) is 0 Å². The molecule has 0 bridgehead atoms. The smallest absolute Gasteiger partial charge is 0.307 e. The van der Waals surface area contributed by atoms with E-state index in [1.54, 1.807) is 6.07 Å². The van der Waals surface area contributed by atoms with Crippen LogP contribution in [0.25, 0.3) is 0 Å². The standard InChI is InChI=1S/C18H18O3/c19-18(20)11-16-4-1-2-7-17(16)21-12-13-8-9-14-5-3-6-15(14)10-13/h1-2,4,7-10H,3,5-6,11-12H2,(H,19,20). The Hall–Kier alpha value is -2.29. The number of carboxylic acid groups (broad SMARTS) is 1. The third kappa shape index (κ3) is 3.24. The number of ether oxygens (including phenoxy) is 1. The van der Waals surface area contributed by atoms with E-state index in [0.717, 1.165) is 12.0 Å². The molecule has 1 N–H and O–H groups in total. The van der Waals surface area contributed by atoms with Gasteiger partial charge >= 0.3 is 5.97 Å². The van der Waals surface area contributed by atoms with Crippen LogP contribution in [0.2, 0.25) is 0 Å². The molecule has 0 aromatic heterocycles. The Kier molecular flexibility index (Phi) is 3.91. The van der Waals surface area contributed by atoms with Crippen molar-refractivity contribution in [1.29, 1.82) is 0 Å². The highest BCUT2D eigenvalue weighted by atomic mass is 16.5. The lowest BCUT2D eigenvalue weighted by atomic mass is 10.1. The average Bonchev–Trinajstić information content (AvgIpc) is 2.93. The molecule has 0 unspecified atom stereocenters. The zero-order chi connectivity index (χ0) is 14.7. The molecule has 2 aromatic rings. The van der Waals surface area contributed by atoms with Gasteiger partial charge in [-0.05, 0) is 42.0 Å². The van der Waals surface area contributed by atoms with Crippen molar-refractivity contribution in [3.8, 4) is 5.75 Å². The van der Waals surface area contributed by atoms with E-state index < -0.39 is 5.97 Å². The van der Waals surface area contributed by atoms with Gasteiger partial charge in [0.1, 0.15) is 12.4 Å². The van der Waals surface area contributed by atoms with Crippen LogP contribution in [0, 0.1) is 0 Å². The highest BCUT2D eigenvalue weighted by Gasteiger charge is 2.12. The van der Waals surface area contributed by atoms with Gasteiger partial charge in [-0.15, -0.1) is 0 Å². The first kappa shape index (κ1) is 13.7. The van der Waals surface area contributed by atoms with Crippen molar-refractivity contribution >= 4 is 5.97 Å². The molecule has 3 heteroatoms. The van der Waals surface area contributed by atoms with Gasteiger partial charge in [0.25, 0.3) is 0 Å². The topological polar surface area (TPSA) is 46.5 Å². The molecular weight excluding hydrogens is 264 g/mol. The first-order chi connectivity index (χ1) is 10.2. The van der Waals surface area contributed by atoms with Gasteiger partial charge in [0.05, 0.1) is 6.42 Å². The number of carboxylic acids is 1. The lowest BCUT2D eigenvalue weighted by Crippen LogP contribution is -2.04. The van der Waals surface area contributed by atoms with Crippen LogP contribution in [0.5, 0.6) is 5.75 Å². The fourth-order valence-corrected chi connectivity index (χ4v) is 2.83. The number of aryl methyl sites for hydroxylation is 2. The third-order valence-electron chi connectivity index (χ3n) is 3.87. The molecule has 0 aliphatic heterocycles. The van der Waals surface area contributed by atoms with Crippen LogP contribution in [0.3, 0.4) is 0 Å². The first-order valence-electron chi connectivity index (χ1n) is 7.25. The van der Waals surface area contributed by atoms with Gasteiger partial charge in [0.2, 0.25) is 0 Å². The lowest BCUT2D eigenvalue weighted by molar-refractivity contribution is -0.136. The maximum absolute atomic E-state index is 10.9. The molecule has 2 aromatic carbocycles. The molecule has 0 atom stereocenters. The summed E-state index contributed by atoms with van der Waals surface area (Å²) in [6.07, 6.45) is 3.55. The maximum Gasteiger partial charge on any atom is 0.307 e. The number of benzene rings is 2. The Morgan fingerprint density at radius 3 is 2.76 bits per heavy atom. The second kappa shape index (κ2) is 6.00. The quantitative estimate of drug-likeness (QED) is 0.914. The minimum Gasteiger partial charge on any atom is -0.489 e. The number of hydrogen-bond acceptors (Lipinski definition) is 2. The molecule has 0 spiro atoms. The Morgan fingerprint density at radius 2 is 1.90 bits per heavy atom. The molecule has 0 saturated carbocycles. The molecule has 0 amide bonds. The van der Waals surface area contributed by atoms with E-state index >= 15 is 0 Å². The van der Waals surface area contributed by atoms with E-state index in [2.05, 4.69) is 18.2 Å². The zero-order valence-corrected chi connectivity index (χ0v) is 11.8. The molecular formula is C18H18O3. The van der Waals surface area contributed by atoms with Crippen LogP contribution in [-0.2, 0) is 30.7 Å². The first-order valence-corrected chi connectivity index (χ1v) is 7.25. The summed E-state index contributed by atoms with van der Waals surface area (Å²) in [5.74, 6) is -0.191. The Bertz CT molecular complexity index is 661. The fourth-order valence-electron chi connectivity index (χ4n) is 2.83. The van der Waals surface area contributed by atoms with E-state index in [-0.39, 0.29) is 6.42 Å². The lowest BCUT2D eigenvalue weighted by Gasteiger charge is -2.11. The molecule has 3 rings (SSSR count). The van der Waals surface area contributed by atoms with E-state index in [0.29, 0.717) is 17.9 Å². The fraction of sp³-hybridized carbons (Fsp3) is 0.278. The third-order valence-corrected chi connectivity index (χ3v) is 3.87. The van der Waals surface area contributed by atoms with Crippen molar-refractivity contribution in [2.24, 2.45) is 0 Å². The van der Waals surface area contributed by atoms with E-state index in [4.69, 9.17) is 9.84 Å². The molecule has 1 aliphatic carbocycles. The van der Waals surface area contributed by atoms with Crippen LogP contribution in [0.4, 0.5) is 0 Å². The van der Waals surface area contributed by atoms with Gasteiger partial charge in [-0.2, -0.15) is 0 Å². The molecule has 108 valence electrons. The van der Waals surface area contributed by atoms with Gasteiger partial charge in [-0.25, -0.2) is 0 Å². The summed E-state index contributed by atoms with van der Waals surface area (Å²) >= 11 is 0. The van der Waals surface area contributed by atoms with Crippen molar-refractivity contribution in [2.45, 2.75) is 32.3 Å². The summed E-state index contributed by atoms with van der Waals surface area (Å²) < 4.78 is 5.82. The minimum atomic E-state index is -0.844. The Labute approximate surface area is 124 Å². The van der Waals surface area contributed by atoms with Crippen LogP contribution < -0.4 is 4.74 Å². The van der Waals surface area contributed by atoms with Gasteiger partial charge in [0, 0.05) is 5.56 Å². The van der Waals surface area contributed by atoms with E-state index in [1.807, 2.05) is 18.2 Å². The summed E-state index contributed by atoms with van der Waals surface area (Å²) in [7, 11) is 0. The molecule has 3 nitrogen and oxygen atoms in total. The monoisotopic (exact) mass is 282 g/mol. The average molecular weight is 282 g/mol. The second-order valence-electron chi connectivity index (χ2n) is 5.42. The van der Waals surface area contributed by atoms with Gasteiger partial charge in [-0.1, -0.05) is 36.4 Å².